The van der Waals surface area contributed by atoms with Crippen molar-refractivity contribution in [3.05, 3.63) is 64.4 Å². The number of rotatable bonds is 5. The highest BCUT2D eigenvalue weighted by Gasteiger charge is 2.35. The number of aryl methyl sites for hydroxylation is 1. The molecule has 1 N–H and O–H groups in total. The maximum atomic E-state index is 13.0. The molecule has 0 aliphatic rings. The minimum atomic E-state index is -4.63. The van der Waals surface area contributed by atoms with Crippen LogP contribution in [0, 0.1) is 0 Å². The molecule has 0 saturated carbocycles. The lowest BCUT2D eigenvalue weighted by Crippen LogP contribution is -2.27. The molecule has 1 heterocycles. The van der Waals surface area contributed by atoms with Gasteiger partial charge in [0.1, 0.15) is 0 Å². The zero-order valence-electron chi connectivity index (χ0n) is 12.0. The number of hydrogen-bond donors (Lipinski definition) is 1. The number of nitrogens with zero attached hydrogens (tertiary/aromatic N) is 1. The fourth-order valence-electron chi connectivity index (χ4n) is 2.06. The lowest BCUT2D eigenvalue weighted by molar-refractivity contribution is -0.137. The van der Waals surface area contributed by atoms with Crippen molar-refractivity contribution in [2.24, 2.45) is 0 Å². The number of alkyl halides is 3. The Morgan fingerprint density at radius 3 is 2.65 bits per heavy atom. The molecule has 1 aromatic heterocycles. The van der Waals surface area contributed by atoms with Crippen molar-refractivity contribution in [2.75, 3.05) is 6.54 Å². The Labute approximate surface area is 136 Å². The number of aromatic nitrogens is 1. The number of amides is 1. The van der Waals surface area contributed by atoms with Crippen LogP contribution in [0.15, 0.2) is 42.6 Å². The van der Waals surface area contributed by atoms with E-state index in [0.29, 0.717) is 12.8 Å². The van der Waals surface area contributed by atoms with Gasteiger partial charge in [0, 0.05) is 23.5 Å². The number of hydrogen-bond acceptors (Lipinski definition) is 2. The first-order chi connectivity index (χ1) is 10.9. The van der Waals surface area contributed by atoms with Gasteiger partial charge in [-0.05, 0) is 43.2 Å². The zero-order chi connectivity index (χ0) is 16.9. The zero-order valence-corrected chi connectivity index (χ0v) is 12.8. The molecule has 0 atom stereocenters. The van der Waals surface area contributed by atoms with E-state index >= 15 is 0 Å². The number of carbonyl (C=O) groups is 1. The highest BCUT2D eigenvalue weighted by Crippen LogP contribution is 2.33. The monoisotopic (exact) mass is 342 g/mol. The van der Waals surface area contributed by atoms with Crippen molar-refractivity contribution in [1.82, 2.24) is 10.3 Å². The summed E-state index contributed by atoms with van der Waals surface area (Å²) in [6.45, 7) is 0.259. The molecule has 0 unspecified atom stereocenters. The summed E-state index contributed by atoms with van der Waals surface area (Å²) < 4.78 is 38.9. The van der Waals surface area contributed by atoms with Gasteiger partial charge in [-0.2, -0.15) is 13.2 Å². The van der Waals surface area contributed by atoms with Crippen LogP contribution < -0.4 is 5.32 Å². The lowest BCUT2D eigenvalue weighted by Gasteiger charge is -2.13. The molecular formula is C16H14ClF3N2O. The van der Waals surface area contributed by atoms with E-state index in [1.807, 2.05) is 12.1 Å². The fraction of sp³-hybridized carbons (Fsp3) is 0.250. The summed E-state index contributed by atoms with van der Waals surface area (Å²) in [6.07, 6.45) is -1.76. The number of halogens is 4. The molecule has 7 heteroatoms. The van der Waals surface area contributed by atoms with Gasteiger partial charge in [-0.3, -0.25) is 9.78 Å². The smallest absolute Gasteiger partial charge is 0.352 e. The Hall–Kier alpha value is -2.08. The van der Waals surface area contributed by atoms with Gasteiger partial charge < -0.3 is 5.32 Å². The molecule has 2 rings (SSSR count). The van der Waals surface area contributed by atoms with Crippen molar-refractivity contribution in [2.45, 2.75) is 19.0 Å². The van der Waals surface area contributed by atoms with Crippen LogP contribution >= 0.6 is 11.6 Å². The Morgan fingerprint density at radius 2 is 2.00 bits per heavy atom. The topological polar surface area (TPSA) is 42.0 Å². The first kappa shape index (κ1) is 17.3. The molecule has 3 nitrogen and oxygen atoms in total. The minimum absolute atomic E-state index is 0.0657. The van der Waals surface area contributed by atoms with Gasteiger partial charge in [0.2, 0.25) is 0 Å². The van der Waals surface area contributed by atoms with Crippen LogP contribution in [-0.2, 0) is 12.6 Å². The van der Waals surface area contributed by atoms with E-state index in [9.17, 15) is 18.0 Å². The molecule has 0 spiro atoms. The highest BCUT2D eigenvalue weighted by molar-refractivity contribution is 6.30. The highest BCUT2D eigenvalue weighted by atomic mass is 35.5. The Balaban J connectivity index is 1.96. The molecule has 0 radical (unpaired) electrons. The van der Waals surface area contributed by atoms with E-state index < -0.39 is 23.2 Å². The molecule has 122 valence electrons. The number of nitrogens with one attached hydrogen (secondary N) is 1. The molecular weight excluding hydrogens is 329 g/mol. The van der Waals surface area contributed by atoms with Gasteiger partial charge in [0.25, 0.3) is 5.91 Å². The van der Waals surface area contributed by atoms with E-state index in [4.69, 9.17) is 11.6 Å². The summed E-state index contributed by atoms with van der Waals surface area (Å²) in [4.78, 5) is 16.1. The van der Waals surface area contributed by atoms with Crippen molar-refractivity contribution in [1.29, 1.82) is 0 Å². The second-order valence-corrected chi connectivity index (χ2v) is 5.30. The van der Waals surface area contributed by atoms with Crippen molar-refractivity contribution < 1.29 is 18.0 Å². The van der Waals surface area contributed by atoms with E-state index in [1.54, 1.807) is 12.3 Å². The van der Waals surface area contributed by atoms with Gasteiger partial charge >= 0.3 is 6.18 Å². The van der Waals surface area contributed by atoms with Gasteiger partial charge in [-0.25, -0.2) is 0 Å². The van der Waals surface area contributed by atoms with Crippen LogP contribution in [-0.4, -0.2) is 17.4 Å². The summed E-state index contributed by atoms with van der Waals surface area (Å²) in [5, 5.41) is 2.43. The quantitative estimate of drug-likeness (QED) is 0.831. The van der Waals surface area contributed by atoms with Gasteiger partial charge in [-0.15, -0.1) is 0 Å². The maximum Gasteiger partial charge on any atom is 0.417 e. The molecule has 0 fully saturated rings. The second-order valence-electron chi connectivity index (χ2n) is 4.87. The third kappa shape index (κ3) is 4.96. The first-order valence-electron chi connectivity index (χ1n) is 6.93. The molecule has 1 aromatic carbocycles. The fourth-order valence-corrected chi connectivity index (χ4v) is 2.23. The summed E-state index contributed by atoms with van der Waals surface area (Å²) in [5.74, 6) is -0.769. The third-order valence-electron chi connectivity index (χ3n) is 3.15. The van der Waals surface area contributed by atoms with Gasteiger partial charge in [0.05, 0.1) is 11.1 Å². The van der Waals surface area contributed by atoms with Crippen LogP contribution in [0.25, 0.3) is 0 Å². The summed E-state index contributed by atoms with van der Waals surface area (Å²) in [6, 6.07) is 8.60. The summed E-state index contributed by atoms with van der Waals surface area (Å²) in [5.41, 5.74) is -0.601. The Kier molecular flexibility index (Phi) is 5.60. The van der Waals surface area contributed by atoms with E-state index in [1.165, 1.54) is 6.07 Å². The molecule has 0 aliphatic carbocycles. The van der Waals surface area contributed by atoms with Crippen LogP contribution in [0.2, 0.25) is 5.02 Å². The molecule has 0 saturated heterocycles. The predicted octanol–water partition coefficient (Wildman–Crippen LogP) is 4.12. The normalized spacial score (nSPS) is 11.3. The molecule has 2 aromatic rings. The number of pyridine rings is 1. The lowest BCUT2D eigenvalue weighted by atomic mass is 10.1. The Morgan fingerprint density at radius 1 is 1.22 bits per heavy atom. The van der Waals surface area contributed by atoms with E-state index in [-0.39, 0.29) is 11.6 Å². The number of benzene rings is 1. The molecule has 0 bridgehead atoms. The van der Waals surface area contributed by atoms with Gasteiger partial charge in [0.15, 0.2) is 0 Å². The Bertz CT molecular complexity index is 675. The maximum absolute atomic E-state index is 13.0. The predicted molar refractivity (Wildman–Crippen MR) is 81.3 cm³/mol. The van der Waals surface area contributed by atoms with Gasteiger partial charge in [-0.1, -0.05) is 17.7 Å². The van der Waals surface area contributed by atoms with Crippen LogP contribution in [0.4, 0.5) is 13.2 Å². The largest absolute Gasteiger partial charge is 0.417 e. The first-order valence-corrected chi connectivity index (χ1v) is 7.30. The van der Waals surface area contributed by atoms with E-state index in [0.717, 1.165) is 17.8 Å². The van der Waals surface area contributed by atoms with Crippen molar-refractivity contribution in [3.8, 4) is 0 Å². The van der Waals surface area contributed by atoms with Crippen LogP contribution in [0.1, 0.15) is 28.0 Å². The van der Waals surface area contributed by atoms with Crippen LogP contribution in [0.3, 0.4) is 0 Å². The van der Waals surface area contributed by atoms with Crippen LogP contribution in [0.5, 0.6) is 0 Å². The third-order valence-corrected chi connectivity index (χ3v) is 3.39. The molecule has 23 heavy (non-hydrogen) atoms. The molecule has 1 amide bonds. The SMILES string of the molecule is O=C(NCCCc1ccccn1)c1ccc(Cl)cc1C(F)(F)F. The average molecular weight is 343 g/mol. The number of carbonyl (C=O) groups excluding carboxylic acids is 1. The van der Waals surface area contributed by atoms with Crippen molar-refractivity contribution >= 4 is 17.5 Å². The van der Waals surface area contributed by atoms with E-state index in [2.05, 4.69) is 10.3 Å². The second kappa shape index (κ2) is 7.46. The minimum Gasteiger partial charge on any atom is -0.352 e. The average Bonchev–Trinajstić information content (AvgIpc) is 2.51. The summed E-state index contributed by atoms with van der Waals surface area (Å²) in [7, 11) is 0. The molecule has 0 aliphatic heterocycles. The standard InChI is InChI=1S/C16H14ClF3N2O/c17-11-6-7-13(14(10-11)16(18,19)20)15(23)22-9-3-5-12-4-1-2-8-21-12/h1-2,4,6-8,10H,3,5,9H2,(H,22,23). The summed E-state index contributed by atoms with van der Waals surface area (Å²) >= 11 is 5.58. The van der Waals surface area contributed by atoms with Crippen molar-refractivity contribution in [3.63, 3.8) is 0 Å².